The summed E-state index contributed by atoms with van der Waals surface area (Å²) in [5, 5.41) is 6.79. The molecule has 1 amide bonds. The minimum absolute atomic E-state index is 0. The van der Waals surface area contributed by atoms with E-state index in [2.05, 4.69) is 21.7 Å². The number of rotatable bonds is 7. The molecule has 0 fully saturated rings. The molecule has 1 atom stereocenters. The molecule has 3 rings (SSSR count). The zero-order valence-corrected chi connectivity index (χ0v) is 18.6. The predicted octanol–water partition coefficient (Wildman–Crippen LogP) is 4.50. The SMILES string of the molecule is CC(SCc1ncc(-c2ccc(Cl)cc2)o1)C(=O)NCC1=CCNCC1.Cl.Cl. The Balaban J connectivity index is 0.00000196. The molecule has 2 heterocycles. The summed E-state index contributed by atoms with van der Waals surface area (Å²) >= 11 is 7.41. The van der Waals surface area contributed by atoms with E-state index in [-0.39, 0.29) is 36.0 Å². The number of nitrogens with one attached hydrogen (secondary N) is 2. The van der Waals surface area contributed by atoms with Crippen LogP contribution < -0.4 is 10.6 Å². The van der Waals surface area contributed by atoms with Crippen LogP contribution in [0.4, 0.5) is 0 Å². The van der Waals surface area contributed by atoms with Crippen molar-refractivity contribution < 1.29 is 9.21 Å². The first-order chi connectivity index (χ1) is 12.6. The lowest BCUT2D eigenvalue weighted by Gasteiger charge is -2.16. The van der Waals surface area contributed by atoms with Gasteiger partial charge in [0.25, 0.3) is 0 Å². The van der Waals surface area contributed by atoms with Crippen molar-refractivity contribution in [1.82, 2.24) is 15.6 Å². The Bertz CT molecular complexity index is 781. The second-order valence-corrected chi connectivity index (χ2v) is 7.88. The maximum atomic E-state index is 12.2. The zero-order valence-electron chi connectivity index (χ0n) is 15.4. The average molecular weight is 465 g/mol. The Morgan fingerprint density at radius 1 is 1.36 bits per heavy atom. The molecule has 2 N–H and O–H groups in total. The van der Waals surface area contributed by atoms with Crippen LogP contribution in [0, 0.1) is 0 Å². The van der Waals surface area contributed by atoms with E-state index in [1.807, 2.05) is 31.2 Å². The summed E-state index contributed by atoms with van der Waals surface area (Å²) in [7, 11) is 0. The third kappa shape index (κ3) is 7.33. The number of hydrogen-bond acceptors (Lipinski definition) is 5. The standard InChI is InChI=1S/C19H22ClN3O2S.2ClH/c1-13(19(24)23-10-14-6-8-21-9-7-14)26-12-18-22-11-17(25-18)15-2-4-16(20)5-3-15;;/h2-6,11,13,21H,7-10,12H2,1H3,(H,23,24);2*1H. The monoisotopic (exact) mass is 463 g/mol. The fraction of sp³-hybridized carbons (Fsp3) is 0.368. The Hall–Kier alpha value is -1.18. The van der Waals surface area contributed by atoms with Crippen LogP contribution in [0.3, 0.4) is 0 Å². The molecule has 0 saturated heterocycles. The van der Waals surface area contributed by atoms with Crippen LogP contribution >= 0.6 is 48.2 Å². The van der Waals surface area contributed by atoms with E-state index in [1.54, 1.807) is 6.20 Å². The second-order valence-electron chi connectivity index (χ2n) is 6.11. The van der Waals surface area contributed by atoms with Gasteiger partial charge in [-0.1, -0.05) is 23.3 Å². The minimum Gasteiger partial charge on any atom is -0.440 e. The molecule has 5 nitrogen and oxygen atoms in total. The smallest absolute Gasteiger partial charge is 0.233 e. The highest BCUT2D eigenvalue weighted by Crippen LogP contribution is 2.25. The van der Waals surface area contributed by atoms with Gasteiger partial charge in [-0.15, -0.1) is 36.6 Å². The number of thioether (sulfide) groups is 1. The van der Waals surface area contributed by atoms with Crippen molar-refractivity contribution >= 4 is 54.1 Å². The lowest BCUT2D eigenvalue weighted by molar-refractivity contribution is -0.120. The van der Waals surface area contributed by atoms with Gasteiger partial charge in [-0.25, -0.2) is 4.98 Å². The number of benzene rings is 1. The average Bonchev–Trinajstić information content (AvgIpc) is 3.14. The number of nitrogens with zero attached hydrogens (tertiary/aromatic N) is 1. The molecule has 28 heavy (non-hydrogen) atoms. The maximum Gasteiger partial charge on any atom is 0.233 e. The third-order valence-electron chi connectivity index (χ3n) is 4.16. The van der Waals surface area contributed by atoms with E-state index in [9.17, 15) is 4.79 Å². The van der Waals surface area contributed by atoms with Gasteiger partial charge in [-0.3, -0.25) is 4.79 Å². The molecule has 9 heteroatoms. The van der Waals surface area contributed by atoms with Crippen LogP contribution in [-0.4, -0.2) is 35.8 Å². The number of hydrogen-bond donors (Lipinski definition) is 2. The number of amides is 1. The second kappa shape index (κ2) is 12.4. The van der Waals surface area contributed by atoms with E-state index in [0.717, 1.165) is 25.1 Å². The molecular formula is C19H24Cl3N3O2S. The molecule has 2 aromatic rings. The van der Waals surface area contributed by atoms with Crippen molar-refractivity contribution in [3.63, 3.8) is 0 Å². The van der Waals surface area contributed by atoms with Gasteiger partial charge in [-0.05, 0) is 44.2 Å². The van der Waals surface area contributed by atoms with Gasteiger partial charge in [0.1, 0.15) is 0 Å². The van der Waals surface area contributed by atoms with Crippen LogP contribution in [0.1, 0.15) is 19.2 Å². The Kier molecular flexibility index (Phi) is 11.0. The molecule has 1 aliphatic rings. The van der Waals surface area contributed by atoms with Gasteiger partial charge in [0.05, 0.1) is 17.2 Å². The maximum absolute atomic E-state index is 12.2. The molecule has 0 bridgehead atoms. The summed E-state index contributed by atoms with van der Waals surface area (Å²) < 4.78 is 5.77. The van der Waals surface area contributed by atoms with Gasteiger partial charge < -0.3 is 15.1 Å². The van der Waals surface area contributed by atoms with Gasteiger partial charge in [0.15, 0.2) is 5.76 Å². The van der Waals surface area contributed by atoms with Gasteiger partial charge in [0.2, 0.25) is 11.8 Å². The van der Waals surface area contributed by atoms with Gasteiger partial charge in [0, 0.05) is 23.7 Å². The van der Waals surface area contributed by atoms with Gasteiger partial charge >= 0.3 is 0 Å². The lowest BCUT2D eigenvalue weighted by Crippen LogP contribution is -2.34. The zero-order chi connectivity index (χ0) is 18.4. The number of carbonyl (C=O) groups excluding carboxylic acids is 1. The van der Waals surface area contributed by atoms with Crippen molar-refractivity contribution in [2.24, 2.45) is 0 Å². The van der Waals surface area contributed by atoms with E-state index < -0.39 is 0 Å². The summed E-state index contributed by atoms with van der Waals surface area (Å²) in [6, 6.07) is 7.42. The largest absolute Gasteiger partial charge is 0.440 e. The highest BCUT2D eigenvalue weighted by molar-refractivity contribution is 7.99. The number of carbonyl (C=O) groups is 1. The molecule has 1 aromatic heterocycles. The van der Waals surface area contributed by atoms with Crippen LogP contribution in [0.15, 0.2) is 46.5 Å². The molecule has 154 valence electrons. The van der Waals surface area contributed by atoms with Crippen molar-refractivity contribution in [2.75, 3.05) is 19.6 Å². The summed E-state index contributed by atoms with van der Waals surface area (Å²) in [6.07, 6.45) is 4.84. The Labute approximate surface area is 186 Å². The molecule has 1 aliphatic heterocycles. The molecule has 1 aromatic carbocycles. The van der Waals surface area contributed by atoms with Crippen LogP contribution in [-0.2, 0) is 10.5 Å². The Morgan fingerprint density at radius 2 is 2.11 bits per heavy atom. The Morgan fingerprint density at radius 3 is 2.79 bits per heavy atom. The summed E-state index contributed by atoms with van der Waals surface area (Å²) in [5.41, 5.74) is 2.22. The van der Waals surface area contributed by atoms with Crippen LogP contribution in [0.25, 0.3) is 11.3 Å². The molecular weight excluding hydrogens is 441 g/mol. The normalized spacial score (nSPS) is 14.3. The topological polar surface area (TPSA) is 67.2 Å². The van der Waals surface area contributed by atoms with E-state index in [4.69, 9.17) is 16.0 Å². The van der Waals surface area contributed by atoms with Crippen LogP contribution in [0.5, 0.6) is 0 Å². The van der Waals surface area contributed by atoms with Crippen molar-refractivity contribution in [1.29, 1.82) is 0 Å². The number of aromatic nitrogens is 1. The molecule has 0 saturated carbocycles. The first kappa shape index (κ1) is 24.9. The number of halogens is 3. The lowest BCUT2D eigenvalue weighted by atomic mass is 10.1. The first-order valence-corrected chi connectivity index (χ1v) is 10.0. The highest BCUT2D eigenvalue weighted by atomic mass is 35.5. The fourth-order valence-electron chi connectivity index (χ4n) is 2.57. The van der Waals surface area contributed by atoms with E-state index >= 15 is 0 Å². The molecule has 0 aliphatic carbocycles. The van der Waals surface area contributed by atoms with Crippen LogP contribution in [0.2, 0.25) is 5.02 Å². The van der Waals surface area contributed by atoms with E-state index in [1.165, 1.54) is 17.3 Å². The number of oxazole rings is 1. The molecule has 1 unspecified atom stereocenters. The van der Waals surface area contributed by atoms with Gasteiger partial charge in [-0.2, -0.15) is 0 Å². The highest BCUT2D eigenvalue weighted by Gasteiger charge is 2.16. The quantitative estimate of drug-likeness (QED) is 0.591. The third-order valence-corrected chi connectivity index (χ3v) is 5.54. The van der Waals surface area contributed by atoms with Crippen molar-refractivity contribution in [2.45, 2.75) is 24.3 Å². The van der Waals surface area contributed by atoms with Crippen molar-refractivity contribution in [3.05, 3.63) is 53.0 Å². The molecule has 0 radical (unpaired) electrons. The van der Waals surface area contributed by atoms with E-state index in [0.29, 0.717) is 29.0 Å². The summed E-state index contributed by atoms with van der Waals surface area (Å²) in [4.78, 5) is 16.5. The summed E-state index contributed by atoms with van der Waals surface area (Å²) in [6.45, 7) is 4.40. The fourth-order valence-corrected chi connectivity index (χ4v) is 3.46. The molecule has 0 spiro atoms. The summed E-state index contributed by atoms with van der Waals surface area (Å²) in [5.74, 6) is 1.90. The minimum atomic E-state index is -0.164. The predicted molar refractivity (Wildman–Crippen MR) is 121 cm³/mol. The first-order valence-electron chi connectivity index (χ1n) is 8.60. The van der Waals surface area contributed by atoms with Crippen molar-refractivity contribution in [3.8, 4) is 11.3 Å².